The van der Waals surface area contributed by atoms with E-state index in [0.717, 1.165) is 21.5 Å². The normalized spacial score (nSPS) is 12.4. The van der Waals surface area contributed by atoms with E-state index in [1.807, 2.05) is 6.07 Å². The number of hydrogen-bond donors (Lipinski definition) is 0. The number of methoxy groups -OCH3 is 2. The Morgan fingerprint density at radius 3 is 2.50 bits per heavy atom. The first-order valence-electron chi connectivity index (χ1n) is 10.2. The predicted octanol–water partition coefficient (Wildman–Crippen LogP) is 2.72. The highest BCUT2D eigenvalue weighted by molar-refractivity contribution is 5.98. The average Bonchev–Trinajstić information content (AvgIpc) is 3.23. The highest BCUT2D eigenvalue weighted by Gasteiger charge is 2.23. The molecular formula is C24H23N3O5. The molecule has 1 amide bonds. The van der Waals surface area contributed by atoms with Gasteiger partial charge in [0.15, 0.2) is 17.3 Å². The number of rotatable bonds is 6. The molecule has 8 nitrogen and oxygen atoms in total. The maximum atomic E-state index is 12.9. The molecule has 1 aliphatic rings. The van der Waals surface area contributed by atoms with E-state index in [4.69, 9.17) is 9.47 Å². The summed E-state index contributed by atoms with van der Waals surface area (Å²) in [5.74, 6) is 0.872. The molecule has 1 aromatic heterocycles. The smallest absolute Gasteiger partial charge is 0.267 e. The van der Waals surface area contributed by atoms with Crippen LogP contribution in [0.3, 0.4) is 0 Å². The largest absolute Gasteiger partial charge is 0.493 e. The first-order valence-corrected chi connectivity index (χ1v) is 10.2. The molecule has 8 heteroatoms. The van der Waals surface area contributed by atoms with Crippen molar-refractivity contribution < 1.29 is 19.1 Å². The number of amides is 1. The van der Waals surface area contributed by atoms with E-state index in [9.17, 15) is 14.4 Å². The Bertz CT molecular complexity index is 1260. The fraction of sp³-hybridized carbons (Fsp3) is 0.250. The Morgan fingerprint density at radius 2 is 1.78 bits per heavy atom. The lowest BCUT2D eigenvalue weighted by Crippen LogP contribution is -2.26. The lowest BCUT2D eigenvalue weighted by atomic mass is 10.1. The van der Waals surface area contributed by atoms with E-state index < -0.39 is 0 Å². The summed E-state index contributed by atoms with van der Waals surface area (Å²) in [6.07, 6.45) is 0.697. The van der Waals surface area contributed by atoms with E-state index >= 15 is 0 Å². The minimum atomic E-state index is -0.369. The van der Waals surface area contributed by atoms with Gasteiger partial charge >= 0.3 is 0 Å². The Morgan fingerprint density at radius 1 is 1.00 bits per heavy atom. The van der Waals surface area contributed by atoms with E-state index in [1.165, 1.54) is 13.0 Å². The number of carbonyl (C=O) groups excluding carboxylic acids is 2. The Balaban J connectivity index is 1.60. The van der Waals surface area contributed by atoms with Crippen LogP contribution in [0.5, 0.6) is 11.5 Å². The number of ether oxygens (including phenoxy) is 2. The van der Waals surface area contributed by atoms with Crippen LogP contribution < -0.4 is 19.9 Å². The molecule has 0 saturated heterocycles. The number of nitrogens with zero attached hydrogens (tertiary/aromatic N) is 3. The molecular weight excluding hydrogens is 410 g/mol. The van der Waals surface area contributed by atoms with Gasteiger partial charge in [-0.05, 0) is 54.4 Å². The van der Waals surface area contributed by atoms with Gasteiger partial charge in [0.25, 0.3) is 5.56 Å². The number of carbonyl (C=O) groups is 2. The van der Waals surface area contributed by atoms with Crippen LogP contribution in [0.2, 0.25) is 0 Å². The molecule has 0 radical (unpaired) electrons. The molecule has 3 aromatic rings. The lowest BCUT2D eigenvalue weighted by Gasteiger charge is -2.14. The molecule has 0 saturated carbocycles. The zero-order chi connectivity index (χ0) is 22.8. The molecule has 2 heterocycles. The molecule has 0 unspecified atom stereocenters. The molecule has 0 bridgehead atoms. The van der Waals surface area contributed by atoms with Crippen molar-refractivity contribution in [1.29, 1.82) is 0 Å². The molecule has 0 fully saturated rings. The Labute approximate surface area is 185 Å². The molecule has 32 heavy (non-hydrogen) atoms. The minimum Gasteiger partial charge on any atom is -0.493 e. The molecule has 164 valence electrons. The van der Waals surface area contributed by atoms with Gasteiger partial charge in [0.05, 0.1) is 19.9 Å². The van der Waals surface area contributed by atoms with Crippen molar-refractivity contribution in [1.82, 2.24) is 9.78 Å². The lowest BCUT2D eigenvalue weighted by molar-refractivity contribution is -0.116. The molecule has 2 aromatic carbocycles. The minimum absolute atomic E-state index is 0.0226. The number of hydrogen-bond acceptors (Lipinski definition) is 6. The van der Waals surface area contributed by atoms with Crippen LogP contribution in [0.15, 0.2) is 53.3 Å². The van der Waals surface area contributed by atoms with Gasteiger partial charge in [-0.25, -0.2) is 4.68 Å². The standard InChI is InChI=1S/C24H23N3O5/c1-15(28)26-11-10-17-12-18(4-7-20(17)26)21(29)14-27-24(30)9-6-19(25-27)16-5-8-22(31-2)23(13-16)32-3/h4-9,12-13H,10-11,14H2,1-3H3. The van der Waals surface area contributed by atoms with E-state index in [-0.39, 0.29) is 23.8 Å². The summed E-state index contributed by atoms with van der Waals surface area (Å²) in [5.41, 5.74) is 3.16. The zero-order valence-corrected chi connectivity index (χ0v) is 18.1. The first kappa shape index (κ1) is 21.3. The SMILES string of the molecule is COc1ccc(-c2ccc(=O)n(CC(=O)c3ccc4c(c3)CCN4C(C)=O)n2)cc1OC. The fourth-order valence-corrected chi connectivity index (χ4v) is 3.84. The second kappa shape index (κ2) is 8.66. The number of ketones is 1. The van der Waals surface area contributed by atoms with Gasteiger partial charge in [-0.2, -0.15) is 5.10 Å². The van der Waals surface area contributed by atoms with Crippen LogP contribution in [0.25, 0.3) is 11.3 Å². The third-order valence-electron chi connectivity index (χ3n) is 5.52. The number of benzene rings is 2. The third kappa shape index (κ3) is 3.99. The maximum absolute atomic E-state index is 12.9. The van der Waals surface area contributed by atoms with Crippen LogP contribution >= 0.6 is 0 Å². The summed E-state index contributed by atoms with van der Waals surface area (Å²) in [6, 6.07) is 13.6. The van der Waals surface area contributed by atoms with Crippen molar-refractivity contribution in [2.45, 2.75) is 19.9 Å². The van der Waals surface area contributed by atoms with E-state index in [1.54, 1.807) is 55.5 Å². The van der Waals surface area contributed by atoms with E-state index in [2.05, 4.69) is 5.10 Å². The van der Waals surface area contributed by atoms with Gasteiger partial charge in [-0.15, -0.1) is 0 Å². The first-order chi connectivity index (χ1) is 15.4. The molecule has 4 rings (SSSR count). The van der Waals surface area contributed by atoms with Crippen molar-refractivity contribution in [3.05, 3.63) is 70.0 Å². The van der Waals surface area contributed by atoms with Crippen LogP contribution in [-0.2, 0) is 17.8 Å². The van der Waals surface area contributed by atoms with Crippen molar-refractivity contribution in [2.24, 2.45) is 0 Å². The number of fused-ring (bicyclic) bond motifs is 1. The van der Waals surface area contributed by atoms with Gasteiger partial charge in [-0.3, -0.25) is 14.4 Å². The van der Waals surface area contributed by atoms with Gasteiger partial charge in [0.2, 0.25) is 5.91 Å². The predicted molar refractivity (Wildman–Crippen MR) is 120 cm³/mol. The van der Waals surface area contributed by atoms with Gasteiger partial charge in [-0.1, -0.05) is 0 Å². The summed E-state index contributed by atoms with van der Waals surface area (Å²) >= 11 is 0. The maximum Gasteiger partial charge on any atom is 0.267 e. The topological polar surface area (TPSA) is 90.7 Å². The zero-order valence-electron chi connectivity index (χ0n) is 18.1. The van der Waals surface area contributed by atoms with Gasteiger partial charge in [0.1, 0.15) is 6.54 Å². The number of Topliss-reactive ketones (excluding diaryl/α,β-unsaturated/α-hetero) is 1. The summed E-state index contributed by atoms with van der Waals surface area (Å²) in [6.45, 7) is 1.95. The van der Waals surface area contributed by atoms with Gasteiger partial charge < -0.3 is 14.4 Å². The average molecular weight is 433 g/mol. The molecule has 0 atom stereocenters. The Kier molecular flexibility index (Phi) is 5.77. The summed E-state index contributed by atoms with van der Waals surface area (Å²) in [4.78, 5) is 38.7. The van der Waals surface area contributed by atoms with Crippen LogP contribution in [0.4, 0.5) is 5.69 Å². The second-order valence-electron chi connectivity index (χ2n) is 7.47. The van der Waals surface area contributed by atoms with Crippen LogP contribution in [0, 0.1) is 0 Å². The van der Waals surface area contributed by atoms with Crippen molar-refractivity contribution >= 4 is 17.4 Å². The number of aromatic nitrogens is 2. The Hall–Kier alpha value is -3.94. The van der Waals surface area contributed by atoms with Gasteiger partial charge in [0, 0.05) is 36.3 Å². The fourth-order valence-electron chi connectivity index (χ4n) is 3.84. The second-order valence-corrected chi connectivity index (χ2v) is 7.47. The van der Waals surface area contributed by atoms with E-state index in [0.29, 0.717) is 35.7 Å². The third-order valence-corrected chi connectivity index (χ3v) is 5.52. The monoisotopic (exact) mass is 433 g/mol. The molecule has 0 aliphatic carbocycles. The summed E-state index contributed by atoms with van der Waals surface area (Å²) < 4.78 is 11.7. The molecule has 0 spiro atoms. The highest BCUT2D eigenvalue weighted by Crippen LogP contribution is 2.31. The molecule has 1 aliphatic heterocycles. The van der Waals surface area contributed by atoms with Crippen LogP contribution in [-0.4, -0.2) is 42.2 Å². The summed E-state index contributed by atoms with van der Waals surface area (Å²) in [5, 5.41) is 4.38. The summed E-state index contributed by atoms with van der Waals surface area (Å²) in [7, 11) is 3.10. The van der Waals surface area contributed by atoms with Crippen LogP contribution in [0.1, 0.15) is 22.8 Å². The number of anilines is 1. The molecule has 0 N–H and O–H groups in total. The highest BCUT2D eigenvalue weighted by atomic mass is 16.5. The van der Waals surface area contributed by atoms with Crippen molar-refractivity contribution in [2.75, 3.05) is 25.7 Å². The van der Waals surface area contributed by atoms with Crippen molar-refractivity contribution in [3.8, 4) is 22.8 Å². The quantitative estimate of drug-likeness (QED) is 0.555. The van der Waals surface area contributed by atoms with Crippen molar-refractivity contribution in [3.63, 3.8) is 0 Å².